The number of likely N-dealkylation sites (tertiary alicyclic amines) is 1. The molecule has 0 radical (unpaired) electrons. The summed E-state index contributed by atoms with van der Waals surface area (Å²) in [4.78, 5) is 27.6. The number of nitrogens with zero attached hydrogens (tertiary/aromatic N) is 3. The molecule has 7 heteroatoms. The third-order valence-corrected chi connectivity index (χ3v) is 6.19. The van der Waals surface area contributed by atoms with Crippen molar-refractivity contribution in [2.75, 3.05) is 0 Å². The number of aryl methyl sites for hydroxylation is 2. The highest BCUT2D eigenvalue weighted by Crippen LogP contribution is 2.26. The molecule has 2 heterocycles. The molecular formula is C23H30ClN3O3. The van der Waals surface area contributed by atoms with Gasteiger partial charge in [0.15, 0.2) is 6.10 Å². The molecule has 0 saturated carbocycles. The Balaban J connectivity index is 1.72. The van der Waals surface area contributed by atoms with E-state index in [0.29, 0.717) is 12.2 Å². The molecule has 2 aromatic rings. The van der Waals surface area contributed by atoms with E-state index in [1.807, 2.05) is 49.9 Å². The molecule has 1 saturated heterocycles. The van der Waals surface area contributed by atoms with Crippen LogP contribution in [-0.2, 0) is 16.1 Å². The molecular weight excluding hydrogens is 402 g/mol. The Morgan fingerprint density at radius 1 is 1.17 bits per heavy atom. The second-order valence-electron chi connectivity index (χ2n) is 8.32. The van der Waals surface area contributed by atoms with Gasteiger partial charge in [-0.15, -0.1) is 0 Å². The number of piperidine rings is 1. The number of carbonyl (C=O) groups excluding carboxylic acids is 2. The van der Waals surface area contributed by atoms with Crippen LogP contribution in [0.3, 0.4) is 0 Å². The molecule has 3 unspecified atom stereocenters. The van der Waals surface area contributed by atoms with Gasteiger partial charge in [-0.1, -0.05) is 41.4 Å². The largest absolute Gasteiger partial charge is 0.449 e. The monoisotopic (exact) mass is 431 g/mol. The van der Waals surface area contributed by atoms with E-state index in [9.17, 15) is 9.59 Å². The normalized spacial score (nSPS) is 20.1. The van der Waals surface area contributed by atoms with E-state index < -0.39 is 12.1 Å². The van der Waals surface area contributed by atoms with Crippen LogP contribution in [0.25, 0.3) is 0 Å². The first-order valence-electron chi connectivity index (χ1n) is 10.5. The maximum absolute atomic E-state index is 12.9. The highest BCUT2D eigenvalue weighted by Gasteiger charge is 2.34. The summed E-state index contributed by atoms with van der Waals surface area (Å²) in [6, 6.07) is 8.33. The van der Waals surface area contributed by atoms with Crippen LogP contribution >= 0.6 is 11.6 Å². The molecule has 1 aromatic heterocycles. The molecule has 1 aliphatic rings. The average Bonchev–Trinajstić information content (AvgIpc) is 2.96. The predicted octanol–water partition coefficient (Wildman–Crippen LogP) is 4.54. The number of amides is 1. The lowest BCUT2D eigenvalue weighted by atomic mass is 9.97. The van der Waals surface area contributed by atoms with Gasteiger partial charge in [-0.25, -0.2) is 9.48 Å². The van der Waals surface area contributed by atoms with E-state index in [1.54, 1.807) is 18.5 Å². The van der Waals surface area contributed by atoms with Crippen LogP contribution in [0.5, 0.6) is 0 Å². The first kappa shape index (κ1) is 22.3. The molecule has 1 aliphatic heterocycles. The van der Waals surface area contributed by atoms with E-state index in [2.05, 4.69) is 5.10 Å². The van der Waals surface area contributed by atoms with Gasteiger partial charge in [0.05, 0.1) is 12.2 Å². The molecule has 6 nitrogen and oxygen atoms in total. The standard InChI is InChI=1S/C23H30ClN3O3/c1-14-9-11-19(12-10-14)13-26-21(24)20(17(4)25-26)23(29)30-18(5)22(28)27-15(2)7-6-8-16(27)3/h9-12,15-16,18H,6-8,13H2,1-5H3. The van der Waals surface area contributed by atoms with Gasteiger partial charge in [-0.2, -0.15) is 5.10 Å². The molecule has 0 N–H and O–H groups in total. The first-order chi connectivity index (χ1) is 14.2. The van der Waals surface area contributed by atoms with Crippen molar-refractivity contribution >= 4 is 23.5 Å². The maximum Gasteiger partial charge on any atom is 0.343 e. The minimum absolute atomic E-state index is 0.144. The third-order valence-electron chi connectivity index (χ3n) is 5.80. The second kappa shape index (κ2) is 9.21. The second-order valence-corrected chi connectivity index (χ2v) is 8.67. The van der Waals surface area contributed by atoms with Crippen LogP contribution in [0, 0.1) is 13.8 Å². The van der Waals surface area contributed by atoms with E-state index in [-0.39, 0.29) is 28.7 Å². The van der Waals surface area contributed by atoms with Crippen molar-refractivity contribution < 1.29 is 14.3 Å². The Kier molecular flexibility index (Phi) is 6.86. The maximum atomic E-state index is 12.9. The molecule has 0 spiro atoms. The molecule has 30 heavy (non-hydrogen) atoms. The van der Waals surface area contributed by atoms with Crippen LogP contribution < -0.4 is 0 Å². The fourth-order valence-corrected chi connectivity index (χ4v) is 4.40. The quantitative estimate of drug-likeness (QED) is 0.652. The molecule has 162 valence electrons. The van der Waals surface area contributed by atoms with Gasteiger partial charge in [0.25, 0.3) is 5.91 Å². The Morgan fingerprint density at radius 3 is 2.37 bits per heavy atom. The van der Waals surface area contributed by atoms with Crippen molar-refractivity contribution in [1.82, 2.24) is 14.7 Å². The summed E-state index contributed by atoms with van der Waals surface area (Å²) in [5, 5.41) is 4.62. The van der Waals surface area contributed by atoms with Crippen molar-refractivity contribution in [3.8, 4) is 0 Å². The number of hydrogen-bond acceptors (Lipinski definition) is 4. The van der Waals surface area contributed by atoms with Crippen LogP contribution in [0.1, 0.15) is 67.2 Å². The zero-order valence-electron chi connectivity index (χ0n) is 18.3. The van der Waals surface area contributed by atoms with Crippen LogP contribution in [0.15, 0.2) is 24.3 Å². The van der Waals surface area contributed by atoms with Gasteiger partial charge in [-0.3, -0.25) is 4.79 Å². The lowest BCUT2D eigenvalue weighted by Gasteiger charge is -2.40. The summed E-state index contributed by atoms with van der Waals surface area (Å²) in [5.41, 5.74) is 2.89. The minimum atomic E-state index is -0.878. The van der Waals surface area contributed by atoms with Crippen molar-refractivity contribution in [2.45, 2.75) is 78.6 Å². The predicted molar refractivity (Wildman–Crippen MR) is 117 cm³/mol. The number of esters is 1. The Labute approximate surface area is 183 Å². The number of halogens is 1. The first-order valence-corrected chi connectivity index (χ1v) is 10.9. The van der Waals surface area contributed by atoms with Crippen LogP contribution in [-0.4, -0.2) is 44.7 Å². The van der Waals surface area contributed by atoms with Crippen molar-refractivity contribution in [2.24, 2.45) is 0 Å². The highest BCUT2D eigenvalue weighted by molar-refractivity contribution is 6.32. The molecule has 0 bridgehead atoms. The summed E-state index contributed by atoms with van der Waals surface area (Å²) in [6.45, 7) is 9.89. The number of aromatic nitrogens is 2. The number of hydrogen-bond donors (Lipinski definition) is 0. The van der Waals surface area contributed by atoms with Gasteiger partial charge in [-0.05, 0) is 59.4 Å². The summed E-state index contributed by atoms with van der Waals surface area (Å²) >= 11 is 6.47. The van der Waals surface area contributed by atoms with Crippen LogP contribution in [0.4, 0.5) is 0 Å². The molecule has 0 aliphatic carbocycles. The molecule has 1 aromatic carbocycles. The van der Waals surface area contributed by atoms with E-state index in [0.717, 1.165) is 24.8 Å². The summed E-state index contributed by atoms with van der Waals surface area (Å²) in [6.07, 6.45) is 2.16. The Morgan fingerprint density at radius 2 is 1.77 bits per heavy atom. The minimum Gasteiger partial charge on any atom is -0.449 e. The van der Waals surface area contributed by atoms with Gasteiger partial charge in [0, 0.05) is 12.1 Å². The molecule has 1 amide bonds. The number of benzene rings is 1. The smallest absolute Gasteiger partial charge is 0.343 e. The van der Waals surface area contributed by atoms with E-state index in [4.69, 9.17) is 16.3 Å². The third kappa shape index (κ3) is 4.69. The average molecular weight is 432 g/mol. The molecule has 3 rings (SSSR count). The number of rotatable bonds is 5. The fraction of sp³-hybridized carbons (Fsp3) is 0.522. The Hall–Kier alpha value is -2.34. The molecule has 1 fully saturated rings. The van der Waals surface area contributed by atoms with Crippen LogP contribution in [0.2, 0.25) is 5.15 Å². The zero-order chi connectivity index (χ0) is 22.0. The van der Waals surface area contributed by atoms with Gasteiger partial charge in [0.2, 0.25) is 0 Å². The summed E-state index contributed by atoms with van der Waals surface area (Å²) in [5.74, 6) is -0.783. The highest BCUT2D eigenvalue weighted by atomic mass is 35.5. The van der Waals surface area contributed by atoms with Gasteiger partial charge < -0.3 is 9.64 Å². The van der Waals surface area contributed by atoms with Gasteiger partial charge >= 0.3 is 5.97 Å². The summed E-state index contributed by atoms with van der Waals surface area (Å²) < 4.78 is 7.10. The Bertz CT molecular complexity index is 913. The van der Waals surface area contributed by atoms with E-state index >= 15 is 0 Å². The van der Waals surface area contributed by atoms with Gasteiger partial charge in [0.1, 0.15) is 10.7 Å². The number of carbonyl (C=O) groups is 2. The zero-order valence-corrected chi connectivity index (χ0v) is 19.1. The van der Waals surface area contributed by atoms with Crippen molar-refractivity contribution in [3.63, 3.8) is 0 Å². The van der Waals surface area contributed by atoms with Crippen molar-refractivity contribution in [1.29, 1.82) is 0 Å². The summed E-state index contributed by atoms with van der Waals surface area (Å²) in [7, 11) is 0. The molecule has 3 atom stereocenters. The topological polar surface area (TPSA) is 64.4 Å². The van der Waals surface area contributed by atoms with E-state index in [1.165, 1.54) is 5.56 Å². The SMILES string of the molecule is Cc1ccc(Cn2nc(C)c(C(=O)OC(C)C(=O)N3C(C)CCCC3C)c2Cl)cc1. The number of ether oxygens (including phenoxy) is 1. The fourth-order valence-electron chi connectivity index (χ4n) is 4.09. The lowest BCUT2D eigenvalue weighted by Crippen LogP contribution is -2.51. The van der Waals surface area contributed by atoms with Crippen molar-refractivity contribution in [3.05, 3.63) is 51.8 Å². The lowest BCUT2D eigenvalue weighted by molar-refractivity contribution is -0.146.